The first kappa shape index (κ1) is 21.8. The van der Waals surface area contributed by atoms with Gasteiger partial charge in [0, 0.05) is 5.39 Å². The summed E-state index contributed by atoms with van der Waals surface area (Å²) in [6.07, 6.45) is 0. The Morgan fingerprint density at radius 1 is 0.514 bits per heavy atom. The summed E-state index contributed by atoms with van der Waals surface area (Å²) in [4.78, 5) is 14.2. The van der Waals surface area contributed by atoms with Gasteiger partial charge in [0.25, 0.3) is 5.56 Å². The summed E-state index contributed by atoms with van der Waals surface area (Å²) in [7, 11) is 0. The van der Waals surface area contributed by atoms with Gasteiger partial charge in [-0.05, 0) is 74.6 Å². The molecule has 0 atom stereocenters. The molecule has 4 heteroatoms. The summed E-state index contributed by atoms with van der Waals surface area (Å²) in [6, 6.07) is 43.1. The number of nitrogens with zero attached hydrogens (tertiary/aromatic N) is 2. The third-order valence-corrected chi connectivity index (χ3v) is 7.75. The lowest BCUT2D eigenvalue weighted by molar-refractivity contribution is 1.01. The second kappa shape index (κ2) is 8.61. The van der Waals surface area contributed by atoms with Crippen LogP contribution in [0.2, 0.25) is 0 Å². The number of benzene rings is 5. The molecule has 0 saturated carbocycles. The van der Waals surface area contributed by atoms with E-state index in [1.165, 1.54) is 0 Å². The molecule has 2 heterocycles. The smallest absolute Gasteiger partial charge is 0.266 e. The van der Waals surface area contributed by atoms with Crippen molar-refractivity contribution < 1.29 is 0 Å². The third-order valence-electron chi connectivity index (χ3n) is 6.97. The topological polar surface area (TPSA) is 26.4 Å². The molecule has 0 fully saturated rings. The first-order chi connectivity index (χ1) is 18.2. The number of hydrogen-bond acceptors (Lipinski definition) is 1. The summed E-state index contributed by atoms with van der Waals surface area (Å²) in [5, 5.41) is 1.74. The monoisotopic (exact) mass is 540 g/mol. The van der Waals surface area contributed by atoms with E-state index < -0.39 is 0 Å². The highest BCUT2D eigenvalue weighted by atomic mass is 79.9. The quantitative estimate of drug-likeness (QED) is 0.220. The zero-order valence-electron chi connectivity index (χ0n) is 19.8. The maximum atomic E-state index is 14.2. The largest absolute Gasteiger partial charge is 0.294 e. The molecule has 0 aliphatic carbocycles. The summed E-state index contributed by atoms with van der Waals surface area (Å²) >= 11 is 3.87. The van der Waals surface area contributed by atoms with Crippen molar-refractivity contribution in [2.45, 2.75) is 0 Å². The molecule has 0 N–H and O–H groups in total. The molecular weight excluding hydrogens is 520 g/mol. The molecule has 0 aliphatic rings. The van der Waals surface area contributed by atoms with Gasteiger partial charge in [0.15, 0.2) is 0 Å². The molecule has 2 aromatic heterocycles. The summed E-state index contributed by atoms with van der Waals surface area (Å²) in [6.45, 7) is 0. The number of fused-ring (bicyclic) bond motifs is 5. The number of aromatic nitrogens is 2. The summed E-state index contributed by atoms with van der Waals surface area (Å²) in [5.41, 5.74) is 7.86. The molecular formula is C33H21BrN2O. The molecule has 0 bridgehead atoms. The van der Waals surface area contributed by atoms with Crippen molar-refractivity contribution in [1.82, 2.24) is 8.97 Å². The molecule has 0 aliphatic heterocycles. The second-order valence-corrected chi connectivity index (χ2v) is 9.94. The molecule has 3 nitrogen and oxygen atoms in total. The van der Waals surface area contributed by atoms with Crippen LogP contribution in [0.5, 0.6) is 0 Å². The predicted octanol–water partition coefficient (Wildman–Crippen LogP) is 8.49. The molecule has 0 saturated heterocycles. The van der Waals surface area contributed by atoms with Gasteiger partial charge in [-0.15, -0.1) is 0 Å². The average molecular weight is 541 g/mol. The van der Waals surface area contributed by atoms with Crippen LogP contribution < -0.4 is 5.56 Å². The minimum absolute atomic E-state index is 0.0455. The van der Waals surface area contributed by atoms with E-state index in [4.69, 9.17) is 0 Å². The van der Waals surface area contributed by atoms with Gasteiger partial charge >= 0.3 is 0 Å². The van der Waals surface area contributed by atoms with Crippen LogP contribution in [0.15, 0.2) is 137 Å². The highest BCUT2D eigenvalue weighted by Crippen LogP contribution is 2.36. The molecule has 7 aromatic rings. The van der Waals surface area contributed by atoms with Crippen LogP contribution in [0, 0.1) is 0 Å². The van der Waals surface area contributed by atoms with Gasteiger partial charge in [-0.25, -0.2) is 0 Å². The van der Waals surface area contributed by atoms with Gasteiger partial charge in [0.05, 0.1) is 26.6 Å². The van der Waals surface area contributed by atoms with Crippen molar-refractivity contribution in [1.29, 1.82) is 0 Å². The molecule has 0 amide bonds. The van der Waals surface area contributed by atoms with Gasteiger partial charge in [-0.3, -0.25) is 13.8 Å². The Balaban J connectivity index is 1.66. The van der Waals surface area contributed by atoms with E-state index in [1.54, 1.807) is 0 Å². The number of rotatable bonds is 3. The fourth-order valence-electron chi connectivity index (χ4n) is 5.27. The van der Waals surface area contributed by atoms with Crippen molar-refractivity contribution in [2.24, 2.45) is 0 Å². The molecule has 0 radical (unpaired) electrons. The first-order valence-corrected chi connectivity index (χ1v) is 13.0. The van der Waals surface area contributed by atoms with Crippen molar-refractivity contribution in [2.75, 3.05) is 0 Å². The lowest BCUT2D eigenvalue weighted by atomic mass is 9.98. The van der Waals surface area contributed by atoms with Crippen molar-refractivity contribution in [3.8, 4) is 27.9 Å². The first-order valence-electron chi connectivity index (χ1n) is 12.2. The lowest BCUT2D eigenvalue weighted by Gasteiger charge is -2.16. The van der Waals surface area contributed by atoms with E-state index in [1.807, 2.05) is 77.4 Å². The Morgan fingerprint density at radius 3 is 1.59 bits per heavy atom. The van der Waals surface area contributed by atoms with Crippen molar-refractivity contribution >= 4 is 43.4 Å². The van der Waals surface area contributed by atoms with Crippen LogP contribution in [0.3, 0.4) is 0 Å². The Kier molecular flexibility index (Phi) is 5.08. The van der Waals surface area contributed by atoms with Gasteiger partial charge in [0.2, 0.25) is 0 Å². The predicted molar refractivity (Wildman–Crippen MR) is 157 cm³/mol. The van der Waals surface area contributed by atoms with Crippen molar-refractivity contribution in [3.63, 3.8) is 0 Å². The zero-order valence-corrected chi connectivity index (χ0v) is 21.4. The Bertz CT molecular complexity index is 1950. The van der Waals surface area contributed by atoms with Gasteiger partial charge in [0.1, 0.15) is 5.65 Å². The third kappa shape index (κ3) is 3.45. The fraction of sp³-hybridized carbons (Fsp3) is 0. The van der Waals surface area contributed by atoms with Crippen LogP contribution in [-0.4, -0.2) is 8.97 Å². The van der Waals surface area contributed by atoms with E-state index in [-0.39, 0.29) is 5.56 Å². The van der Waals surface area contributed by atoms with Crippen LogP contribution in [0.25, 0.3) is 55.4 Å². The van der Waals surface area contributed by atoms with E-state index in [0.29, 0.717) is 5.39 Å². The maximum absolute atomic E-state index is 14.2. The SMILES string of the molecule is O=c1c2ccccc2n2c3ccccc3c(Br)c2n1-c1cc(-c2ccccc2)cc(-c2ccccc2)c1. The summed E-state index contributed by atoms with van der Waals surface area (Å²) < 4.78 is 4.94. The lowest BCUT2D eigenvalue weighted by Crippen LogP contribution is -2.21. The van der Waals surface area contributed by atoms with Crippen LogP contribution in [-0.2, 0) is 0 Å². The Labute approximate surface area is 222 Å². The minimum atomic E-state index is -0.0455. The number of halogens is 1. The maximum Gasteiger partial charge on any atom is 0.266 e. The Morgan fingerprint density at radius 2 is 1.00 bits per heavy atom. The fourth-order valence-corrected chi connectivity index (χ4v) is 5.96. The zero-order chi connectivity index (χ0) is 24.9. The van der Waals surface area contributed by atoms with E-state index in [0.717, 1.165) is 54.5 Å². The molecule has 5 aromatic carbocycles. The standard InChI is InChI=1S/C33H21BrN2O/c34-31-27-15-7-9-17-29(27)36-30-18-10-8-16-28(30)33(37)35(32(31)36)26-20-24(22-11-3-1-4-12-22)19-25(21-26)23-13-5-2-6-14-23/h1-21H. The molecule has 176 valence electrons. The van der Waals surface area contributed by atoms with Crippen LogP contribution in [0.4, 0.5) is 0 Å². The highest BCUT2D eigenvalue weighted by Gasteiger charge is 2.20. The van der Waals surface area contributed by atoms with E-state index in [2.05, 4.69) is 74.9 Å². The van der Waals surface area contributed by atoms with Gasteiger partial charge in [-0.1, -0.05) is 91.0 Å². The Hall–Kier alpha value is -4.41. The van der Waals surface area contributed by atoms with E-state index in [9.17, 15) is 4.79 Å². The van der Waals surface area contributed by atoms with E-state index >= 15 is 0 Å². The van der Waals surface area contributed by atoms with Crippen LogP contribution in [0.1, 0.15) is 0 Å². The highest BCUT2D eigenvalue weighted by molar-refractivity contribution is 9.10. The minimum Gasteiger partial charge on any atom is -0.294 e. The molecule has 0 spiro atoms. The van der Waals surface area contributed by atoms with Gasteiger partial charge in [-0.2, -0.15) is 0 Å². The summed E-state index contributed by atoms with van der Waals surface area (Å²) in [5.74, 6) is 0. The second-order valence-electron chi connectivity index (χ2n) is 9.15. The molecule has 0 unspecified atom stereocenters. The molecule has 7 rings (SSSR count). The van der Waals surface area contributed by atoms with Crippen LogP contribution >= 0.6 is 15.9 Å². The average Bonchev–Trinajstić information content (AvgIpc) is 3.26. The van der Waals surface area contributed by atoms with Crippen molar-refractivity contribution in [3.05, 3.63) is 142 Å². The van der Waals surface area contributed by atoms with Gasteiger partial charge < -0.3 is 0 Å². The molecule has 37 heavy (non-hydrogen) atoms. The normalized spacial score (nSPS) is 11.5. The number of hydrogen-bond donors (Lipinski definition) is 0. The number of para-hydroxylation sites is 2.